The number of hydrogen-bond donors (Lipinski definition) is 1. The highest BCUT2D eigenvalue weighted by Crippen LogP contribution is 2.26. The van der Waals surface area contributed by atoms with E-state index in [2.05, 4.69) is 50.9 Å². The number of benzene rings is 1. The van der Waals surface area contributed by atoms with Crippen LogP contribution >= 0.6 is 27.3 Å². The van der Waals surface area contributed by atoms with Crippen LogP contribution in [-0.4, -0.2) is 18.1 Å². The van der Waals surface area contributed by atoms with Gasteiger partial charge in [0, 0.05) is 15.4 Å². The second-order valence-electron chi connectivity index (χ2n) is 5.07. The summed E-state index contributed by atoms with van der Waals surface area (Å²) in [5.41, 5.74) is 2.46. The van der Waals surface area contributed by atoms with Gasteiger partial charge in [-0.3, -0.25) is 0 Å². The molecule has 0 saturated carbocycles. The molecule has 3 rings (SSSR count). The van der Waals surface area contributed by atoms with E-state index in [1.165, 1.54) is 30.6 Å². The molecule has 2 nitrogen and oxygen atoms in total. The van der Waals surface area contributed by atoms with Gasteiger partial charge in [0.2, 0.25) is 0 Å². The Kier molecular flexibility index (Phi) is 4.31. The lowest BCUT2D eigenvalue weighted by Crippen LogP contribution is -2.30. The Bertz CT molecular complexity index is 529. The predicted octanol–water partition coefficient (Wildman–Crippen LogP) is 4.11. The molecule has 0 aliphatic carbocycles. The van der Waals surface area contributed by atoms with Crippen LogP contribution in [0.1, 0.15) is 18.5 Å². The van der Waals surface area contributed by atoms with Crippen LogP contribution in [-0.2, 0) is 6.42 Å². The van der Waals surface area contributed by atoms with E-state index in [0.29, 0.717) is 0 Å². The Morgan fingerprint density at radius 1 is 1.32 bits per heavy atom. The Labute approximate surface area is 126 Å². The van der Waals surface area contributed by atoms with Gasteiger partial charge in [0.15, 0.2) is 0 Å². The van der Waals surface area contributed by atoms with Gasteiger partial charge in [-0.2, -0.15) is 0 Å². The second-order valence-corrected chi connectivity index (χ2v) is 6.84. The maximum Gasteiger partial charge on any atom is 0.123 e. The molecule has 0 radical (unpaired) electrons. The lowest BCUT2D eigenvalue weighted by molar-refractivity contribution is 0.374. The van der Waals surface area contributed by atoms with Crippen LogP contribution in [0.25, 0.3) is 10.6 Å². The first-order valence-electron chi connectivity index (χ1n) is 6.72. The summed E-state index contributed by atoms with van der Waals surface area (Å²) in [5, 5.41) is 6.82. The number of aromatic nitrogens is 1. The molecule has 1 atom stereocenters. The smallest absolute Gasteiger partial charge is 0.123 e. The van der Waals surface area contributed by atoms with Gasteiger partial charge in [0.05, 0.1) is 5.69 Å². The molecule has 0 bridgehead atoms. The molecule has 4 heteroatoms. The van der Waals surface area contributed by atoms with Gasteiger partial charge in [-0.1, -0.05) is 28.1 Å². The van der Waals surface area contributed by atoms with E-state index in [-0.39, 0.29) is 0 Å². The van der Waals surface area contributed by atoms with Crippen LogP contribution in [0.3, 0.4) is 0 Å². The van der Waals surface area contributed by atoms with Gasteiger partial charge in [0.1, 0.15) is 5.01 Å². The van der Waals surface area contributed by atoms with E-state index >= 15 is 0 Å². The number of thiazole rings is 1. The third-order valence-corrected chi connectivity index (χ3v) is 5.01. The first kappa shape index (κ1) is 13.3. The van der Waals surface area contributed by atoms with Crippen molar-refractivity contribution in [2.75, 3.05) is 13.1 Å². The first-order chi connectivity index (χ1) is 9.31. The maximum atomic E-state index is 4.78. The van der Waals surface area contributed by atoms with E-state index < -0.39 is 0 Å². The third kappa shape index (κ3) is 3.44. The van der Waals surface area contributed by atoms with E-state index in [0.717, 1.165) is 28.4 Å². The highest BCUT2D eigenvalue weighted by atomic mass is 79.9. The molecule has 19 heavy (non-hydrogen) atoms. The van der Waals surface area contributed by atoms with Crippen molar-refractivity contribution in [1.82, 2.24) is 10.3 Å². The van der Waals surface area contributed by atoms with Gasteiger partial charge in [-0.15, -0.1) is 11.3 Å². The van der Waals surface area contributed by atoms with E-state index in [1.807, 2.05) is 0 Å². The summed E-state index contributed by atoms with van der Waals surface area (Å²) >= 11 is 5.22. The third-order valence-electron chi connectivity index (χ3n) is 3.54. The lowest BCUT2D eigenvalue weighted by atomic mass is 9.95. The van der Waals surface area contributed by atoms with Crippen molar-refractivity contribution >= 4 is 27.3 Å². The molecular formula is C15H17BrN2S. The van der Waals surface area contributed by atoms with Crippen molar-refractivity contribution in [3.05, 3.63) is 39.8 Å². The van der Waals surface area contributed by atoms with Gasteiger partial charge in [-0.05, 0) is 50.4 Å². The zero-order valence-corrected chi connectivity index (χ0v) is 13.1. The van der Waals surface area contributed by atoms with Crippen molar-refractivity contribution < 1.29 is 0 Å². The van der Waals surface area contributed by atoms with Crippen molar-refractivity contribution in [3.63, 3.8) is 0 Å². The summed E-state index contributed by atoms with van der Waals surface area (Å²) in [7, 11) is 0. The minimum absolute atomic E-state index is 0.758. The number of rotatable bonds is 3. The summed E-state index contributed by atoms with van der Waals surface area (Å²) in [6.07, 6.45) is 3.74. The summed E-state index contributed by atoms with van der Waals surface area (Å²) in [4.78, 5) is 4.78. The topological polar surface area (TPSA) is 24.9 Å². The standard InChI is InChI=1S/C15H17BrN2S/c16-13-5-3-12(4-6-13)15-18-14(10-19-15)8-11-2-1-7-17-9-11/h3-6,10-11,17H,1-2,7-9H2. The van der Waals surface area contributed by atoms with E-state index in [1.54, 1.807) is 11.3 Å². The Morgan fingerprint density at radius 3 is 2.89 bits per heavy atom. The van der Waals surface area contributed by atoms with Crippen LogP contribution in [0.5, 0.6) is 0 Å². The fraction of sp³-hybridized carbons (Fsp3) is 0.400. The van der Waals surface area contributed by atoms with Crippen LogP contribution in [0.4, 0.5) is 0 Å². The van der Waals surface area contributed by atoms with Crippen molar-refractivity contribution in [1.29, 1.82) is 0 Å². The predicted molar refractivity (Wildman–Crippen MR) is 84.5 cm³/mol. The highest BCUT2D eigenvalue weighted by molar-refractivity contribution is 9.10. The van der Waals surface area contributed by atoms with Crippen LogP contribution < -0.4 is 5.32 Å². The fourth-order valence-corrected chi connectivity index (χ4v) is 3.62. The molecule has 1 saturated heterocycles. The molecule has 1 N–H and O–H groups in total. The number of halogens is 1. The molecule has 2 aromatic rings. The SMILES string of the molecule is Brc1ccc(-c2nc(CC3CCCNC3)cs2)cc1. The Balaban J connectivity index is 1.70. The molecule has 1 aromatic carbocycles. The average molecular weight is 337 g/mol. The van der Waals surface area contributed by atoms with Crippen LogP contribution in [0.2, 0.25) is 0 Å². The summed E-state index contributed by atoms with van der Waals surface area (Å²) in [5.74, 6) is 0.758. The Hall–Kier alpha value is -0.710. The minimum atomic E-state index is 0.758. The molecule has 0 spiro atoms. The highest BCUT2D eigenvalue weighted by Gasteiger charge is 2.15. The maximum absolute atomic E-state index is 4.78. The van der Waals surface area contributed by atoms with Crippen LogP contribution in [0, 0.1) is 5.92 Å². The number of nitrogens with zero attached hydrogens (tertiary/aromatic N) is 1. The summed E-state index contributed by atoms with van der Waals surface area (Å²) in [6.45, 7) is 2.32. The Morgan fingerprint density at radius 2 is 2.16 bits per heavy atom. The lowest BCUT2D eigenvalue weighted by Gasteiger charge is -2.21. The zero-order valence-electron chi connectivity index (χ0n) is 10.7. The number of hydrogen-bond acceptors (Lipinski definition) is 3. The normalized spacial score (nSPS) is 19.5. The molecule has 1 unspecified atom stereocenters. The number of piperidine rings is 1. The summed E-state index contributed by atoms with van der Waals surface area (Å²) in [6, 6.07) is 8.38. The molecule has 100 valence electrons. The molecule has 1 aliphatic rings. The molecular weight excluding hydrogens is 320 g/mol. The zero-order chi connectivity index (χ0) is 13.1. The van der Waals surface area contributed by atoms with Crippen molar-refractivity contribution in [2.24, 2.45) is 5.92 Å². The molecule has 2 heterocycles. The van der Waals surface area contributed by atoms with Gasteiger partial charge in [0.25, 0.3) is 0 Å². The van der Waals surface area contributed by atoms with Gasteiger partial charge >= 0.3 is 0 Å². The first-order valence-corrected chi connectivity index (χ1v) is 8.39. The molecule has 1 aromatic heterocycles. The molecule has 1 aliphatic heterocycles. The minimum Gasteiger partial charge on any atom is -0.316 e. The summed E-state index contributed by atoms with van der Waals surface area (Å²) < 4.78 is 1.11. The quantitative estimate of drug-likeness (QED) is 0.912. The van der Waals surface area contributed by atoms with Gasteiger partial charge < -0.3 is 5.32 Å². The monoisotopic (exact) mass is 336 g/mol. The largest absolute Gasteiger partial charge is 0.316 e. The van der Waals surface area contributed by atoms with Gasteiger partial charge in [-0.25, -0.2) is 4.98 Å². The fourth-order valence-electron chi connectivity index (χ4n) is 2.52. The van der Waals surface area contributed by atoms with Crippen molar-refractivity contribution in [2.45, 2.75) is 19.3 Å². The molecule has 1 fully saturated rings. The molecule has 0 amide bonds. The number of nitrogens with one attached hydrogen (secondary N) is 1. The van der Waals surface area contributed by atoms with E-state index in [9.17, 15) is 0 Å². The average Bonchev–Trinajstić information content (AvgIpc) is 2.89. The van der Waals surface area contributed by atoms with Crippen LogP contribution in [0.15, 0.2) is 34.1 Å². The van der Waals surface area contributed by atoms with E-state index in [4.69, 9.17) is 4.98 Å². The second kappa shape index (κ2) is 6.16. The van der Waals surface area contributed by atoms with Crippen molar-refractivity contribution in [3.8, 4) is 10.6 Å².